The second-order valence-corrected chi connectivity index (χ2v) is 5.17. The predicted molar refractivity (Wildman–Crippen MR) is 80.6 cm³/mol. The number of hydrogen-bond acceptors (Lipinski definition) is 1. The molecule has 0 aliphatic rings. The zero-order valence-corrected chi connectivity index (χ0v) is 12.6. The van der Waals surface area contributed by atoms with Crippen molar-refractivity contribution in [1.82, 2.24) is 0 Å². The molecule has 0 aromatic heterocycles. The van der Waals surface area contributed by atoms with E-state index < -0.39 is 0 Å². The van der Waals surface area contributed by atoms with Crippen molar-refractivity contribution in [1.29, 1.82) is 0 Å². The average Bonchev–Trinajstić information content (AvgIpc) is 2.34. The highest BCUT2D eigenvalue weighted by molar-refractivity contribution is 5.78. The average molecular weight is 248 g/mol. The van der Waals surface area contributed by atoms with Crippen LogP contribution >= 0.6 is 0 Å². The Balaban J connectivity index is 4.71. The van der Waals surface area contributed by atoms with Crippen LogP contribution < -0.4 is 0 Å². The normalized spacial score (nSPS) is 15.7. The molecule has 1 nitrogen and oxygen atoms in total. The van der Waals surface area contributed by atoms with E-state index in [9.17, 15) is 4.79 Å². The number of carbonyl (C=O) groups excluding carboxylic acids is 1. The lowest BCUT2D eigenvalue weighted by atomic mass is 9.93. The highest BCUT2D eigenvalue weighted by Crippen LogP contribution is 2.19. The summed E-state index contributed by atoms with van der Waals surface area (Å²) < 4.78 is 0. The molecular formula is C17H28O. The molecule has 102 valence electrons. The molecule has 0 aromatic carbocycles. The highest BCUT2D eigenvalue weighted by Gasteiger charge is 2.08. The lowest BCUT2D eigenvalue weighted by Crippen LogP contribution is -2.02. The van der Waals surface area contributed by atoms with Crippen LogP contribution in [0.5, 0.6) is 0 Å². The van der Waals surface area contributed by atoms with Gasteiger partial charge in [-0.05, 0) is 31.6 Å². The maximum Gasteiger partial charge on any atom is 0.133 e. The smallest absolute Gasteiger partial charge is 0.133 e. The summed E-state index contributed by atoms with van der Waals surface area (Å²) in [6.07, 6.45) is 8.94. The fourth-order valence-electron chi connectivity index (χ4n) is 1.67. The van der Waals surface area contributed by atoms with Gasteiger partial charge in [0.2, 0.25) is 0 Å². The fourth-order valence-corrected chi connectivity index (χ4v) is 1.67. The van der Waals surface area contributed by atoms with Gasteiger partial charge in [-0.1, -0.05) is 63.6 Å². The first-order chi connectivity index (χ1) is 8.42. The van der Waals surface area contributed by atoms with E-state index in [0.717, 1.165) is 18.4 Å². The molecule has 0 rings (SSSR count). The second kappa shape index (κ2) is 8.91. The molecule has 18 heavy (non-hydrogen) atoms. The van der Waals surface area contributed by atoms with Gasteiger partial charge in [-0.3, -0.25) is 4.79 Å². The van der Waals surface area contributed by atoms with Gasteiger partial charge in [0.15, 0.2) is 0 Å². The summed E-state index contributed by atoms with van der Waals surface area (Å²) in [6, 6.07) is 0. The number of ketones is 1. The standard InChI is InChI=1S/C17H28O/c1-7-13(3)15(5)10-9-11-17(12-16(6)18)14(4)8-2/h9-11,13-14H,5,7-8,12H2,1-4,6H3. The molecule has 2 unspecified atom stereocenters. The molecule has 0 aliphatic heterocycles. The van der Waals surface area contributed by atoms with E-state index in [1.54, 1.807) is 6.92 Å². The second-order valence-electron chi connectivity index (χ2n) is 5.17. The number of rotatable bonds is 8. The number of carbonyl (C=O) groups is 1. The molecule has 0 radical (unpaired) electrons. The molecule has 0 heterocycles. The van der Waals surface area contributed by atoms with Gasteiger partial charge in [-0.15, -0.1) is 0 Å². The van der Waals surface area contributed by atoms with E-state index in [1.165, 1.54) is 5.57 Å². The van der Waals surface area contributed by atoms with Crippen LogP contribution in [-0.2, 0) is 4.79 Å². The van der Waals surface area contributed by atoms with Gasteiger partial charge in [0, 0.05) is 6.42 Å². The molecule has 0 amide bonds. The maximum absolute atomic E-state index is 11.2. The molecule has 0 aliphatic carbocycles. The van der Waals surface area contributed by atoms with Crippen LogP contribution in [0.15, 0.2) is 36.0 Å². The monoisotopic (exact) mass is 248 g/mol. The van der Waals surface area contributed by atoms with Crippen molar-refractivity contribution in [2.75, 3.05) is 0 Å². The van der Waals surface area contributed by atoms with Gasteiger partial charge in [-0.2, -0.15) is 0 Å². The molecule has 0 aromatic rings. The molecule has 0 fully saturated rings. The van der Waals surface area contributed by atoms with Gasteiger partial charge < -0.3 is 0 Å². The summed E-state index contributed by atoms with van der Waals surface area (Å²) in [5.74, 6) is 1.22. The van der Waals surface area contributed by atoms with Crippen molar-refractivity contribution < 1.29 is 4.79 Å². The van der Waals surface area contributed by atoms with Crippen molar-refractivity contribution in [2.45, 2.75) is 53.9 Å². The largest absolute Gasteiger partial charge is 0.300 e. The van der Waals surface area contributed by atoms with E-state index in [4.69, 9.17) is 0 Å². The van der Waals surface area contributed by atoms with Gasteiger partial charge >= 0.3 is 0 Å². The minimum Gasteiger partial charge on any atom is -0.300 e. The van der Waals surface area contributed by atoms with Crippen LogP contribution in [0.3, 0.4) is 0 Å². The number of hydrogen-bond donors (Lipinski definition) is 0. The maximum atomic E-state index is 11.2. The van der Waals surface area contributed by atoms with Gasteiger partial charge in [0.1, 0.15) is 5.78 Å². The quantitative estimate of drug-likeness (QED) is 0.546. The molecule has 0 N–H and O–H groups in total. The van der Waals surface area contributed by atoms with E-state index in [1.807, 2.05) is 6.08 Å². The van der Waals surface area contributed by atoms with E-state index in [0.29, 0.717) is 18.3 Å². The third-order valence-electron chi connectivity index (χ3n) is 3.56. The Kier molecular flexibility index (Phi) is 8.36. The summed E-state index contributed by atoms with van der Waals surface area (Å²) in [7, 11) is 0. The Morgan fingerprint density at radius 2 is 1.72 bits per heavy atom. The van der Waals surface area contributed by atoms with E-state index >= 15 is 0 Å². The van der Waals surface area contributed by atoms with Gasteiger partial charge in [0.25, 0.3) is 0 Å². The van der Waals surface area contributed by atoms with Crippen LogP contribution in [0.2, 0.25) is 0 Å². The van der Waals surface area contributed by atoms with Crippen molar-refractivity contribution in [3.63, 3.8) is 0 Å². The summed E-state index contributed by atoms with van der Waals surface area (Å²) >= 11 is 0. The van der Waals surface area contributed by atoms with Crippen LogP contribution in [0.25, 0.3) is 0 Å². The highest BCUT2D eigenvalue weighted by atomic mass is 16.1. The molecule has 1 heteroatoms. The summed E-state index contributed by atoms with van der Waals surface area (Å²) in [4.78, 5) is 11.2. The Hall–Kier alpha value is -1.11. The first-order valence-electron chi connectivity index (χ1n) is 6.97. The van der Waals surface area contributed by atoms with E-state index in [2.05, 4.69) is 46.4 Å². The molecular weight excluding hydrogens is 220 g/mol. The molecule has 0 saturated heterocycles. The predicted octanol–water partition coefficient (Wildman–Crippen LogP) is 5.10. The summed E-state index contributed by atoms with van der Waals surface area (Å²) in [6.45, 7) is 14.4. The van der Waals surface area contributed by atoms with Crippen LogP contribution in [0.1, 0.15) is 53.9 Å². The molecule has 0 bridgehead atoms. The van der Waals surface area contributed by atoms with Crippen molar-refractivity contribution in [3.8, 4) is 0 Å². The fraction of sp³-hybridized carbons (Fsp3) is 0.588. The third kappa shape index (κ3) is 6.58. The SMILES string of the molecule is C=C(C=CC=C(CC(C)=O)C(C)CC)C(C)CC. The van der Waals surface area contributed by atoms with Crippen LogP contribution in [0.4, 0.5) is 0 Å². The third-order valence-corrected chi connectivity index (χ3v) is 3.56. The van der Waals surface area contributed by atoms with Gasteiger partial charge in [-0.25, -0.2) is 0 Å². The molecule has 0 saturated carbocycles. The van der Waals surface area contributed by atoms with Crippen LogP contribution in [0, 0.1) is 11.8 Å². The lowest BCUT2D eigenvalue weighted by Gasteiger charge is -2.12. The Morgan fingerprint density at radius 1 is 1.17 bits per heavy atom. The van der Waals surface area contributed by atoms with E-state index in [-0.39, 0.29) is 5.78 Å². The molecule has 0 spiro atoms. The lowest BCUT2D eigenvalue weighted by molar-refractivity contribution is -0.116. The number of Topliss-reactive ketones (excluding diaryl/α,β-unsaturated/α-hetero) is 1. The van der Waals surface area contributed by atoms with Crippen LogP contribution in [-0.4, -0.2) is 5.78 Å². The first-order valence-corrected chi connectivity index (χ1v) is 6.97. The van der Waals surface area contributed by atoms with Crippen molar-refractivity contribution >= 4 is 5.78 Å². The van der Waals surface area contributed by atoms with Crippen molar-refractivity contribution in [3.05, 3.63) is 36.0 Å². The number of allylic oxidation sites excluding steroid dienone is 5. The summed E-state index contributed by atoms with van der Waals surface area (Å²) in [5, 5.41) is 0. The first kappa shape index (κ1) is 16.9. The Bertz CT molecular complexity index is 334. The molecule has 2 atom stereocenters. The zero-order valence-electron chi connectivity index (χ0n) is 12.6. The zero-order chi connectivity index (χ0) is 14.1. The minimum atomic E-state index is 0.232. The summed E-state index contributed by atoms with van der Waals surface area (Å²) in [5.41, 5.74) is 2.37. The topological polar surface area (TPSA) is 17.1 Å². The minimum absolute atomic E-state index is 0.232. The Morgan fingerprint density at radius 3 is 2.17 bits per heavy atom. The van der Waals surface area contributed by atoms with Crippen molar-refractivity contribution in [2.24, 2.45) is 11.8 Å². The Labute approximate surface area is 113 Å². The van der Waals surface area contributed by atoms with Gasteiger partial charge in [0.05, 0.1) is 0 Å².